The molecule has 1 fully saturated rings. The minimum atomic E-state index is 0.0949. The molecule has 6 heteroatoms. The Morgan fingerprint density at radius 1 is 0.926 bits per heavy atom. The third kappa shape index (κ3) is 3.79. The highest BCUT2D eigenvalue weighted by Crippen LogP contribution is 2.19. The predicted octanol–water partition coefficient (Wildman–Crippen LogP) is 2.81. The summed E-state index contributed by atoms with van der Waals surface area (Å²) in [5, 5.41) is 8.71. The molecule has 2 aromatic heterocycles. The number of piperazine rings is 1. The van der Waals surface area contributed by atoms with Gasteiger partial charge in [0.15, 0.2) is 5.82 Å². The summed E-state index contributed by atoms with van der Waals surface area (Å²) in [6, 6.07) is 15.5. The van der Waals surface area contributed by atoms with Crippen LogP contribution in [-0.2, 0) is 0 Å². The van der Waals surface area contributed by atoms with E-state index in [4.69, 9.17) is 0 Å². The monoisotopic (exact) mass is 359 g/mol. The fourth-order valence-electron chi connectivity index (χ4n) is 3.27. The average Bonchev–Trinajstić information content (AvgIpc) is 2.74. The fourth-order valence-corrected chi connectivity index (χ4v) is 3.27. The maximum absolute atomic E-state index is 12.7. The number of carbonyl (C=O) groups excluding carboxylic acids is 1. The summed E-state index contributed by atoms with van der Waals surface area (Å²) >= 11 is 0. The molecule has 136 valence electrons. The quantitative estimate of drug-likeness (QED) is 0.720. The highest BCUT2D eigenvalue weighted by atomic mass is 16.2. The minimum Gasteiger partial charge on any atom is -0.352 e. The molecule has 4 rings (SSSR count). The lowest BCUT2D eigenvalue weighted by Crippen LogP contribution is -2.49. The average molecular weight is 359 g/mol. The van der Waals surface area contributed by atoms with E-state index in [1.54, 1.807) is 12.4 Å². The third-order valence-electron chi connectivity index (χ3n) is 4.78. The number of rotatable bonds is 3. The zero-order chi connectivity index (χ0) is 18.6. The van der Waals surface area contributed by atoms with Crippen LogP contribution in [0.4, 0.5) is 5.82 Å². The molecular formula is C21H21N5O. The number of amides is 1. The maximum Gasteiger partial charge on any atom is 0.253 e. The van der Waals surface area contributed by atoms with Crippen molar-refractivity contribution in [1.29, 1.82) is 0 Å². The Morgan fingerprint density at radius 3 is 2.37 bits per heavy atom. The van der Waals surface area contributed by atoms with Crippen LogP contribution >= 0.6 is 0 Å². The van der Waals surface area contributed by atoms with Crippen LogP contribution in [0.25, 0.3) is 11.3 Å². The fraction of sp³-hybridized carbons (Fsp3) is 0.238. The molecule has 0 bridgehead atoms. The topological polar surface area (TPSA) is 62.2 Å². The Bertz CT molecular complexity index is 919. The van der Waals surface area contributed by atoms with E-state index in [0.717, 1.165) is 41.3 Å². The first-order valence-corrected chi connectivity index (χ1v) is 9.06. The zero-order valence-electron chi connectivity index (χ0n) is 15.2. The number of anilines is 1. The molecule has 1 aromatic carbocycles. The van der Waals surface area contributed by atoms with E-state index in [9.17, 15) is 4.79 Å². The van der Waals surface area contributed by atoms with Crippen molar-refractivity contribution in [2.45, 2.75) is 6.92 Å². The van der Waals surface area contributed by atoms with E-state index in [-0.39, 0.29) is 5.91 Å². The van der Waals surface area contributed by atoms with Gasteiger partial charge in [0.25, 0.3) is 5.91 Å². The van der Waals surface area contributed by atoms with Crippen LogP contribution < -0.4 is 4.90 Å². The van der Waals surface area contributed by atoms with E-state index < -0.39 is 0 Å². The highest BCUT2D eigenvalue weighted by molar-refractivity contribution is 5.94. The second-order valence-electron chi connectivity index (χ2n) is 6.66. The number of benzene rings is 1. The molecule has 1 aliphatic rings. The van der Waals surface area contributed by atoms with Gasteiger partial charge in [-0.1, -0.05) is 17.7 Å². The molecule has 0 radical (unpaired) electrons. The summed E-state index contributed by atoms with van der Waals surface area (Å²) in [7, 11) is 0. The van der Waals surface area contributed by atoms with E-state index in [0.29, 0.717) is 13.1 Å². The van der Waals surface area contributed by atoms with Gasteiger partial charge in [-0.25, -0.2) is 0 Å². The molecule has 0 N–H and O–H groups in total. The van der Waals surface area contributed by atoms with Crippen molar-refractivity contribution < 1.29 is 4.79 Å². The lowest BCUT2D eigenvalue weighted by Gasteiger charge is -2.35. The smallest absolute Gasteiger partial charge is 0.253 e. The number of hydrogen-bond acceptors (Lipinski definition) is 5. The van der Waals surface area contributed by atoms with Crippen LogP contribution in [0.1, 0.15) is 15.9 Å². The molecule has 0 atom stereocenters. The molecule has 0 spiro atoms. The first kappa shape index (κ1) is 17.1. The van der Waals surface area contributed by atoms with Crippen molar-refractivity contribution in [3.63, 3.8) is 0 Å². The number of nitrogens with zero attached hydrogens (tertiary/aromatic N) is 5. The summed E-state index contributed by atoms with van der Waals surface area (Å²) in [5.74, 6) is 0.938. The zero-order valence-corrected chi connectivity index (χ0v) is 15.2. The van der Waals surface area contributed by atoms with Crippen LogP contribution in [0.5, 0.6) is 0 Å². The van der Waals surface area contributed by atoms with Crippen molar-refractivity contribution in [2.24, 2.45) is 0 Å². The van der Waals surface area contributed by atoms with Gasteiger partial charge in [0.05, 0.1) is 5.69 Å². The lowest BCUT2D eigenvalue weighted by atomic mass is 10.1. The molecule has 0 saturated carbocycles. The summed E-state index contributed by atoms with van der Waals surface area (Å²) in [6.07, 6.45) is 3.49. The van der Waals surface area contributed by atoms with Gasteiger partial charge in [-0.05, 0) is 43.3 Å². The van der Waals surface area contributed by atoms with Crippen LogP contribution in [0.15, 0.2) is 60.9 Å². The second-order valence-corrected chi connectivity index (χ2v) is 6.66. The van der Waals surface area contributed by atoms with Crippen LogP contribution in [-0.4, -0.2) is 52.2 Å². The lowest BCUT2D eigenvalue weighted by molar-refractivity contribution is 0.0746. The molecule has 6 nitrogen and oxygen atoms in total. The van der Waals surface area contributed by atoms with Crippen LogP contribution in [0, 0.1) is 6.92 Å². The molecule has 1 aliphatic heterocycles. The minimum absolute atomic E-state index is 0.0949. The van der Waals surface area contributed by atoms with Gasteiger partial charge in [-0.2, -0.15) is 0 Å². The molecule has 3 heterocycles. The van der Waals surface area contributed by atoms with Crippen LogP contribution in [0.2, 0.25) is 0 Å². The number of aromatic nitrogens is 3. The molecule has 1 saturated heterocycles. The second kappa shape index (κ2) is 7.53. The predicted molar refractivity (Wildman–Crippen MR) is 105 cm³/mol. The van der Waals surface area contributed by atoms with E-state index in [2.05, 4.69) is 20.1 Å². The number of pyridine rings is 1. The molecule has 0 unspecified atom stereocenters. The SMILES string of the molecule is Cc1cccc(C(=O)N2CCN(c3ccc(-c4ccncc4)nn3)CC2)c1. The Morgan fingerprint density at radius 2 is 1.70 bits per heavy atom. The van der Waals surface area contributed by atoms with Gasteiger partial charge >= 0.3 is 0 Å². The summed E-state index contributed by atoms with van der Waals surface area (Å²) in [6.45, 7) is 4.87. The molecule has 1 amide bonds. The molecule has 0 aliphatic carbocycles. The van der Waals surface area contributed by atoms with Gasteiger partial charge in [0.1, 0.15) is 0 Å². The van der Waals surface area contributed by atoms with Gasteiger partial charge in [0, 0.05) is 49.7 Å². The van der Waals surface area contributed by atoms with Gasteiger partial charge in [-0.15, -0.1) is 10.2 Å². The normalized spacial score (nSPS) is 14.3. The number of hydrogen-bond donors (Lipinski definition) is 0. The van der Waals surface area contributed by atoms with Crippen molar-refractivity contribution in [1.82, 2.24) is 20.1 Å². The molecule has 27 heavy (non-hydrogen) atoms. The standard InChI is InChI=1S/C21H21N5O/c1-16-3-2-4-18(15-16)21(27)26-13-11-25(12-14-26)20-6-5-19(23-24-20)17-7-9-22-10-8-17/h2-10,15H,11-14H2,1H3. The maximum atomic E-state index is 12.7. The number of carbonyl (C=O) groups is 1. The molecular weight excluding hydrogens is 338 g/mol. The van der Waals surface area contributed by atoms with Gasteiger partial charge < -0.3 is 9.80 Å². The van der Waals surface area contributed by atoms with Crippen molar-refractivity contribution in [3.8, 4) is 11.3 Å². The Hall–Kier alpha value is -3.28. The van der Waals surface area contributed by atoms with Crippen molar-refractivity contribution in [3.05, 3.63) is 72.1 Å². The Kier molecular flexibility index (Phi) is 4.78. The summed E-state index contributed by atoms with van der Waals surface area (Å²) in [4.78, 5) is 20.8. The Balaban J connectivity index is 1.40. The van der Waals surface area contributed by atoms with Crippen molar-refractivity contribution in [2.75, 3.05) is 31.1 Å². The highest BCUT2D eigenvalue weighted by Gasteiger charge is 2.23. The Labute approximate surface area is 158 Å². The first-order chi connectivity index (χ1) is 13.2. The molecule has 3 aromatic rings. The third-order valence-corrected chi connectivity index (χ3v) is 4.78. The van der Waals surface area contributed by atoms with E-state index >= 15 is 0 Å². The van der Waals surface area contributed by atoms with Crippen molar-refractivity contribution >= 4 is 11.7 Å². The largest absolute Gasteiger partial charge is 0.352 e. The first-order valence-electron chi connectivity index (χ1n) is 9.06. The van der Waals surface area contributed by atoms with E-state index in [1.807, 2.05) is 60.4 Å². The summed E-state index contributed by atoms with van der Waals surface area (Å²) in [5.41, 5.74) is 3.68. The van der Waals surface area contributed by atoms with Gasteiger partial charge in [-0.3, -0.25) is 9.78 Å². The van der Waals surface area contributed by atoms with E-state index in [1.165, 1.54) is 0 Å². The number of aryl methyl sites for hydroxylation is 1. The summed E-state index contributed by atoms with van der Waals surface area (Å²) < 4.78 is 0. The van der Waals surface area contributed by atoms with Gasteiger partial charge in [0.2, 0.25) is 0 Å². The van der Waals surface area contributed by atoms with Crippen LogP contribution in [0.3, 0.4) is 0 Å².